The van der Waals surface area contributed by atoms with E-state index in [1.807, 2.05) is 24.3 Å². The molecule has 0 unspecified atom stereocenters. The standard InChI is InChI=1S/C17H17ClN2O3/c1-12(13-6-5-7-14(10-13)22-2)19-20-17(21)11-23-16-9-4-3-8-15(16)18/h3-10H,11H2,1-2H3,(H,20,21)/b19-12-. The van der Waals surface area contributed by atoms with Crippen LogP contribution in [0.2, 0.25) is 5.02 Å². The number of halogens is 1. The highest BCUT2D eigenvalue weighted by Crippen LogP contribution is 2.22. The van der Waals surface area contributed by atoms with Crippen LogP contribution in [0.3, 0.4) is 0 Å². The van der Waals surface area contributed by atoms with Gasteiger partial charge in [-0.25, -0.2) is 5.43 Å². The normalized spacial score (nSPS) is 11.0. The van der Waals surface area contributed by atoms with Gasteiger partial charge in [0.2, 0.25) is 0 Å². The topological polar surface area (TPSA) is 59.9 Å². The van der Waals surface area contributed by atoms with Gasteiger partial charge in [-0.1, -0.05) is 35.9 Å². The molecule has 0 radical (unpaired) electrons. The van der Waals surface area contributed by atoms with Crippen LogP contribution in [0.25, 0.3) is 0 Å². The van der Waals surface area contributed by atoms with Gasteiger partial charge >= 0.3 is 0 Å². The summed E-state index contributed by atoms with van der Waals surface area (Å²) in [5.74, 6) is 0.815. The van der Waals surface area contributed by atoms with E-state index in [9.17, 15) is 4.79 Å². The van der Waals surface area contributed by atoms with E-state index in [4.69, 9.17) is 21.1 Å². The van der Waals surface area contributed by atoms with Gasteiger partial charge in [-0.15, -0.1) is 0 Å². The molecule has 5 nitrogen and oxygen atoms in total. The second-order valence-electron chi connectivity index (χ2n) is 4.68. The first-order valence-electron chi connectivity index (χ1n) is 6.95. The third-order valence-electron chi connectivity index (χ3n) is 3.03. The molecule has 0 bridgehead atoms. The summed E-state index contributed by atoms with van der Waals surface area (Å²) in [6.07, 6.45) is 0. The number of nitrogens with zero attached hydrogens (tertiary/aromatic N) is 1. The number of carbonyl (C=O) groups is 1. The molecule has 0 aliphatic heterocycles. The molecule has 0 aliphatic carbocycles. The van der Waals surface area contributed by atoms with Crippen molar-refractivity contribution in [2.24, 2.45) is 5.10 Å². The fourth-order valence-electron chi connectivity index (χ4n) is 1.80. The lowest BCUT2D eigenvalue weighted by Crippen LogP contribution is -2.25. The van der Waals surface area contributed by atoms with Crippen LogP contribution in [0.15, 0.2) is 53.6 Å². The molecular weight excluding hydrogens is 316 g/mol. The lowest BCUT2D eigenvalue weighted by atomic mass is 10.1. The van der Waals surface area contributed by atoms with Gasteiger partial charge in [-0.3, -0.25) is 4.79 Å². The van der Waals surface area contributed by atoms with E-state index in [0.29, 0.717) is 16.5 Å². The Labute approximate surface area is 139 Å². The Morgan fingerprint density at radius 1 is 1.22 bits per heavy atom. The van der Waals surface area contributed by atoms with Crippen LogP contribution >= 0.6 is 11.6 Å². The number of hydrogen-bond acceptors (Lipinski definition) is 4. The predicted octanol–water partition coefficient (Wildman–Crippen LogP) is 3.27. The van der Waals surface area contributed by atoms with Crippen molar-refractivity contribution in [2.75, 3.05) is 13.7 Å². The fraction of sp³-hybridized carbons (Fsp3) is 0.176. The molecule has 0 atom stereocenters. The first kappa shape index (κ1) is 16.8. The van der Waals surface area contributed by atoms with Crippen LogP contribution < -0.4 is 14.9 Å². The molecular formula is C17H17ClN2O3. The van der Waals surface area contributed by atoms with E-state index in [1.54, 1.807) is 38.3 Å². The van der Waals surface area contributed by atoms with Crippen molar-refractivity contribution in [2.45, 2.75) is 6.92 Å². The summed E-state index contributed by atoms with van der Waals surface area (Å²) in [6, 6.07) is 14.4. The summed E-state index contributed by atoms with van der Waals surface area (Å²) < 4.78 is 10.5. The van der Waals surface area contributed by atoms with Crippen LogP contribution in [0.1, 0.15) is 12.5 Å². The van der Waals surface area contributed by atoms with Gasteiger partial charge in [0, 0.05) is 5.56 Å². The monoisotopic (exact) mass is 332 g/mol. The van der Waals surface area contributed by atoms with Gasteiger partial charge in [0.25, 0.3) is 5.91 Å². The SMILES string of the molecule is COc1cccc(/C(C)=N\NC(=O)COc2ccccc2Cl)c1. The Balaban J connectivity index is 1.91. The van der Waals surface area contributed by atoms with E-state index >= 15 is 0 Å². The van der Waals surface area contributed by atoms with Gasteiger partial charge in [0.05, 0.1) is 17.8 Å². The summed E-state index contributed by atoms with van der Waals surface area (Å²) in [7, 11) is 1.60. The zero-order chi connectivity index (χ0) is 16.7. The molecule has 0 saturated heterocycles. The van der Waals surface area contributed by atoms with Crippen LogP contribution in [0.4, 0.5) is 0 Å². The molecule has 0 saturated carbocycles. The molecule has 120 valence electrons. The zero-order valence-electron chi connectivity index (χ0n) is 12.9. The Kier molecular flexibility index (Phi) is 6.00. The first-order chi connectivity index (χ1) is 11.1. The molecule has 0 heterocycles. The number of benzene rings is 2. The lowest BCUT2D eigenvalue weighted by Gasteiger charge is -2.07. The van der Waals surface area contributed by atoms with Crippen LogP contribution in [0, 0.1) is 0 Å². The lowest BCUT2D eigenvalue weighted by molar-refractivity contribution is -0.123. The Morgan fingerprint density at radius 2 is 2.00 bits per heavy atom. The van der Waals surface area contributed by atoms with Crippen molar-refractivity contribution in [1.29, 1.82) is 0 Å². The van der Waals surface area contributed by atoms with Crippen LogP contribution in [-0.4, -0.2) is 25.3 Å². The molecule has 0 fully saturated rings. The first-order valence-corrected chi connectivity index (χ1v) is 7.33. The number of hydrogen-bond donors (Lipinski definition) is 1. The minimum absolute atomic E-state index is 0.168. The molecule has 6 heteroatoms. The number of nitrogens with one attached hydrogen (secondary N) is 1. The average Bonchev–Trinajstić information content (AvgIpc) is 2.59. The van der Waals surface area contributed by atoms with E-state index in [2.05, 4.69) is 10.5 Å². The number of methoxy groups -OCH3 is 1. The van der Waals surface area contributed by atoms with Gasteiger partial charge < -0.3 is 9.47 Å². The smallest absolute Gasteiger partial charge is 0.277 e. The fourth-order valence-corrected chi connectivity index (χ4v) is 1.99. The van der Waals surface area contributed by atoms with Crippen molar-refractivity contribution in [3.63, 3.8) is 0 Å². The second kappa shape index (κ2) is 8.19. The molecule has 2 rings (SSSR count). The maximum absolute atomic E-state index is 11.8. The van der Waals surface area contributed by atoms with Gasteiger partial charge in [-0.05, 0) is 31.2 Å². The summed E-state index contributed by atoms with van der Waals surface area (Å²) >= 11 is 5.95. The number of carbonyl (C=O) groups excluding carboxylic acids is 1. The molecule has 0 aromatic heterocycles. The summed E-state index contributed by atoms with van der Waals surface area (Å²) in [5.41, 5.74) is 3.97. The van der Waals surface area contributed by atoms with Crippen molar-refractivity contribution in [1.82, 2.24) is 5.43 Å². The van der Waals surface area contributed by atoms with Crippen molar-refractivity contribution < 1.29 is 14.3 Å². The summed E-state index contributed by atoms with van der Waals surface area (Å²) in [5, 5.41) is 4.51. The third-order valence-corrected chi connectivity index (χ3v) is 3.34. The Bertz CT molecular complexity index is 716. The van der Waals surface area contributed by atoms with E-state index in [1.165, 1.54) is 0 Å². The van der Waals surface area contributed by atoms with Gasteiger partial charge in [-0.2, -0.15) is 5.10 Å². The zero-order valence-corrected chi connectivity index (χ0v) is 13.6. The number of rotatable bonds is 6. The molecule has 0 aliphatic rings. The quantitative estimate of drug-likeness (QED) is 0.652. The Morgan fingerprint density at radius 3 is 2.74 bits per heavy atom. The molecule has 23 heavy (non-hydrogen) atoms. The molecule has 1 amide bonds. The molecule has 1 N–H and O–H groups in total. The number of hydrazone groups is 1. The van der Waals surface area contributed by atoms with Crippen molar-refractivity contribution in [3.8, 4) is 11.5 Å². The maximum atomic E-state index is 11.8. The number of para-hydroxylation sites is 1. The minimum Gasteiger partial charge on any atom is -0.497 e. The molecule has 2 aromatic rings. The predicted molar refractivity (Wildman–Crippen MR) is 90.3 cm³/mol. The highest BCUT2D eigenvalue weighted by atomic mass is 35.5. The highest BCUT2D eigenvalue weighted by molar-refractivity contribution is 6.32. The third kappa shape index (κ3) is 5.00. The summed E-state index contributed by atoms with van der Waals surface area (Å²) in [6.45, 7) is 1.63. The summed E-state index contributed by atoms with van der Waals surface area (Å²) in [4.78, 5) is 11.8. The average molecular weight is 333 g/mol. The minimum atomic E-state index is -0.368. The number of amides is 1. The van der Waals surface area contributed by atoms with Crippen LogP contribution in [0.5, 0.6) is 11.5 Å². The second-order valence-corrected chi connectivity index (χ2v) is 5.09. The highest BCUT2D eigenvalue weighted by Gasteiger charge is 2.05. The molecule has 2 aromatic carbocycles. The van der Waals surface area contributed by atoms with Gasteiger partial charge in [0.1, 0.15) is 11.5 Å². The van der Waals surface area contributed by atoms with E-state index in [0.717, 1.165) is 11.3 Å². The van der Waals surface area contributed by atoms with Crippen molar-refractivity contribution in [3.05, 3.63) is 59.1 Å². The number of ether oxygens (including phenoxy) is 2. The Hall–Kier alpha value is -2.53. The van der Waals surface area contributed by atoms with E-state index in [-0.39, 0.29) is 12.5 Å². The maximum Gasteiger partial charge on any atom is 0.277 e. The van der Waals surface area contributed by atoms with Crippen molar-refractivity contribution >= 4 is 23.2 Å². The molecule has 0 spiro atoms. The van der Waals surface area contributed by atoms with E-state index < -0.39 is 0 Å². The largest absolute Gasteiger partial charge is 0.497 e. The van der Waals surface area contributed by atoms with Crippen LogP contribution in [-0.2, 0) is 4.79 Å². The van der Waals surface area contributed by atoms with Gasteiger partial charge in [0.15, 0.2) is 6.61 Å².